The molecule has 0 atom stereocenters. The summed E-state index contributed by atoms with van der Waals surface area (Å²) in [6.45, 7) is 1.57. The highest BCUT2D eigenvalue weighted by Gasteiger charge is 2.12. The molecular formula is C12H14N4O. The number of nitrogens with one attached hydrogen (secondary N) is 2. The number of rotatable bonds is 2. The minimum absolute atomic E-state index is 0.168. The predicted molar refractivity (Wildman–Crippen MR) is 65.2 cm³/mol. The van der Waals surface area contributed by atoms with Crippen LogP contribution in [0.25, 0.3) is 0 Å². The highest BCUT2D eigenvalue weighted by molar-refractivity contribution is 5.59. The summed E-state index contributed by atoms with van der Waals surface area (Å²) in [5, 5.41) is 9.56. The number of aromatic nitrogens is 3. The van der Waals surface area contributed by atoms with E-state index in [0.717, 1.165) is 18.5 Å². The van der Waals surface area contributed by atoms with Crippen LogP contribution >= 0.6 is 0 Å². The topological polar surface area (TPSA) is 62.7 Å². The smallest absolute Gasteiger partial charge is 0.343 e. The Bertz CT molecular complexity index is 584. The Morgan fingerprint density at radius 2 is 2.35 bits per heavy atom. The molecule has 2 heterocycles. The maximum atomic E-state index is 11.4. The Morgan fingerprint density at radius 3 is 3.18 bits per heavy atom. The molecule has 88 valence electrons. The summed E-state index contributed by atoms with van der Waals surface area (Å²) >= 11 is 0. The normalized spacial score (nSPS) is 14.1. The van der Waals surface area contributed by atoms with Crippen molar-refractivity contribution in [2.45, 2.75) is 19.4 Å². The number of nitrogens with zero attached hydrogens (tertiary/aromatic N) is 2. The second-order valence-corrected chi connectivity index (χ2v) is 4.27. The molecule has 2 aromatic rings. The van der Waals surface area contributed by atoms with Crippen molar-refractivity contribution in [2.75, 3.05) is 11.9 Å². The van der Waals surface area contributed by atoms with E-state index in [4.69, 9.17) is 0 Å². The van der Waals surface area contributed by atoms with Crippen LogP contribution in [0.3, 0.4) is 0 Å². The first-order chi connectivity index (χ1) is 8.34. The van der Waals surface area contributed by atoms with E-state index in [1.807, 2.05) is 6.07 Å². The van der Waals surface area contributed by atoms with Crippen molar-refractivity contribution in [3.8, 4) is 0 Å². The van der Waals surface area contributed by atoms with Gasteiger partial charge < -0.3 is 5.32 Å². The quantitative estimate of drug-likeness (QED) is 0.808. The van der Waals surface area contributed by atoms with Gasteiger partial charge in [0, 0.05) is 12.2 Å². The molecule has 0 saturated carbocycles. The van der Waals surface area contributed by atoms with Crippen molar-refractivity contribution in [1.82, 2.24) is 14.8 Å². The zero-order chi connectivity index (χ0) is 11.7. The SMILES string of the molecule is O=c1[nH]ncn1Cc1cccc2c1NCCC2. The van der Waals surface area contributed by atoms with Crippen LogP contribution in [0.15, 0.2) is 29.3 Å². The van der Waals surface area contributed by atoms with Crippen molar-refractivity contribution in [3.05, 3.63) is 46.1 Å². The summed E-state index contributed by atoms with van der Waals surface area (Å²) in [5.74, 6) is 0. The van der Waals surface area contributed by atoms with Gasteiger partial charge in [0.05, 0.1) is 6.54 Å². The molecule has 1 aromatic heterocycles. The Hall–Kier alpha value is -2.04. The molecular weight excluding hydrogens is 216 g/mol. The zero-order valence-corrected chi connectivity index (χ0v) is 9.44. The maximum absolute atomic E-state index is 11.4. The molecule has 17 heavy (non-hydrogen) atoms. The van der Waals surface area contributed by atoms with Gasteiger partial charge in [-0.3, -0.25) is 4.57 Å². The van der Waals surface area contributed by atoms with Crippen LogP contribution in [0.1, 0.15) is 17.5 Å². The summed E-state index contributed by atoms with van der Waals surface area (Å²) < 4.78 is 1.58. The van der Waals surface area contributed by atoms with Gasteiger partial charge in [-0.05, 0) is 24.0 Å². The molecule has 0 saturated heterocycles. The fraction of sp³-hybridized carbons (Fsp3) is 0.333. The maximum Gasteiger partial charge on any atom is 0.343 e. The molecule has 0 bridgehead atoms. The van der Waals surface area contributed by atoms with Crippen LogP contribution in [0.4, 0.5) is 5.69 Å². The number of hydrogen-bond acceptors (Lipinski definition) is 3. The predicted octanol–water partition coefficient (Wildman–Crippen LogP) is 0.978. The molecule has 0 radical (unpaired) electrons. The van der Waals surface area contributed by atoms with E-state index in [0.29, 0.717) is 6.54 Å². The number of para-hydroxylation sites is 1. The fourth-order valence-corrected chi connectivity index (χ4v) is 2.28. The van der Waals surface area contributed by atoms with Gasteiger partial charge in [0.2, 0.25) is 0 Å². The van der Waals surface area contributed by atoms with Crippen molar-refractivity contribution in [1.29, 1.82) is 0 Å². The lowest BCUT2D eigenvalue weighted by atomic mass is 9.99. The summed E-state index contributed by atoms with van der Waals surface area (Å²) in [6, 6.07) is 6.24. The lowest BCUT2D eigenvalue weighted by molar-refractivity contribution is 0.752. The third-order valence-corrected chi connectivity index (χ3v) is 3.12. The molecule has 2 N–H and O–H groups in total. The van der Waals surface area contributed by atoms with Gasteiger partial charge in [0.1, 0.15) is 6.33 Å². The summed E-state index contributed by atoms with van der Waals surface area (Å²) in [6.07, 6.45) is 3.81. The van der Waals surface area contributed by atoms with Gasteiger partial charge in [0.25, 0.3) is 0 Å². The molecule has 0 spiro atoms. The lowest BCUT2D eigenvalue weighted by Crippen LogP contribution is -2.19. The zero-order valence-electron chi connectivity index (χ0n) is 9.44. The number of aromatic amines is 1. The van der Waals surface area contributed by atoms with E-state index in [2.05, 4.69) is 27.6 Å². The van der Waals surface area contributed by atoms with Gasteiger partial charge in [0.15, 0.2) is 0 Å². The van der Waals surface area contributed by atoms with E-state index in [1.54, 1.807) is 4.57 Å². The molecule has 1 aliphatic rings. The minimum Gasteiger partial charge on any atom is -0.385 e. The third kappa shape index (κ3) is 1.84. The van der Waals surface area contributed by atoms with Gasteiger partial charge in [-0.25, -0.2) is 9.89 Å². The highest BCUT2D eigenvalue weighted by atomic mass is 16.1. The van der Waals surface area contributed by atoms with E-state index in [9.17, 15) is 4.79 Å². The van der Waals surface area contributed by atoms with Crippen LogP contribution in [0.2, 0.25) is 0 Å². The van der Waals surface area contributed by atoms with Crippen LogP contribution < -0.4 is 11.0 Å². The average molecular weight is 230 g/mol. The molecule has 0 fully saturated rings. The summed E-state index contributed by atoms with van der Waals surface area (Å²) in [4.78, 5) is 11.4. The van der Waals surface area contributed by atoms with Gasteiger partial charge in [-0.15, -0.1) is 0 Å². The Morgan fingerprint density at radius 1 is 1.41 bits per heavy atom. The molecule has 1 aromatic carbocycles. The number of H-pyrrole nitrogens is 1. The van der Waals surface area contributed by atoms with Crippen molar-refractivity contribution >= 4 is 5.69 Å². The van der Waals surface area contributed by atoms with Crippen LogP contribution in [0, 0.1) is 0 Å². The summed E-state index contributed by atoms with van der Waals surface area (Å²) in [7, 11) is 0. The standard InChI is InChI=1S/C12H14N4O/c17-12-15-14-8-16(12)7-10-4-1-3-9-5-2-6-13-11(9)10/h1,3-4,8,13H,2,5-7H2,(H,15,17). The lowest BCUT2D eigenvalue weighted by Gasteiger charge is -2.21. The second-order valence-electron chi connectivity index (χ2n) is 4.27. The molecule has 0 amide bonds. The van der Waals surface area contributed by atoms with Crippen LogP contribution in [0.5, 0.6) is 0 Å². The average Bonchev–Trinajstić information content (AvgIpc) is 2.76. The molecule has 5 nitrogen and oxygen atoms in total. The molecule has 3 rings (SSSR count). The van der Waals surface area contributed by atoms with Crippen molar-refractivity contribution in [3.63, 3.8) is 0 Å². The Labute approximate surface area is 98.5 Å². The highest BCUT2D eigenvalue weighted by Crippen LogP contribution is 2.26. The monoisotopic (exact) mass is 230 g/mol. The van der Waals surface area contributed by atoms with Gasteiger partial charge in [-0.1, -0.05) is 18.2 Å². The number of fused-ring (bicyclic) bond motifs is 1. The van der Waals surface area contributed by atoms with Crippen molar-refractivity contribution < 1.29 is 0 Å². The first kappa shape index (κ1) is 10.1. The number of aryl methyl sites for hydroxylation is 1. The van der Waals surface area contributed by atoms with E-state index < -0.39 is 0 Å². The van der Waals surface area contributed by atoms with Crippen LogP contribution in [-0.4, -0.2) is 21.3 Å². The first-order valence-electron chi connectivity index (χ1n) is 5.79. The van der Waals surface area contributed by atoms with E-state index >= 15 is 0 Å². The van der Waals surface area contributed by atoms with E-state index in [1.165, 1.54) is 24.0 Å². The fourth-order valence-electron chi connectivity index (χ4n) is 2.28. The van der Waals surface area contributed by atoms with E-state index in [-0.39, 0.29) is 5.69 Å². The second kappa shape index (κ2) is 4.08. The Kier molecular flexibility index (Phi) is 2.44. The molecule has 5 heteroatoms. The number of anilines is 1. The number of hydrogen-bond donors (Lipinski definition) is 2. The van der Waals surface area contributed by atoms with Crippen molar-refractivity contribution in [2.24, 2.45) is 0 Å². The largest absolute Gasteiger partial charge is 0.385 e. The molecule has 0 unspecified atom stereocenters. The number of benzene rings is 1. The first-order valence-corrected chi connectivity index (χ1v) is 5.79. The minimum atomic E-state index is -0.168. The van der Waals surface area contributed by atoms with Crippen LogP contribution in [-0.2, 0) is 13.0 Å². The van der Waals surface area contributed by atoms with Gasteiger partial charge in [-0.2, -0.15) is 5.10 Å². The third-order valence-electron chi connectivity index (χ3n) is 3.12. The molecule has 1 aliphatic heterocycles. The summed E-state index contributed by atoms with van der Waals surface area (Å²) in [5.41, 5.74) is 3.50. The Balaban J connectivity index is 1.98. The molecule has 0 aliphatic carbocycles. The van der Waals surface area contributed by atoms with Gasteiger partial charge >= 0.3 is 5.69 Å².